The van der Waals surface area contributed by atoms with Crippen LogP contribution in [0.1, 0.15) is 0 Å². The molecule has 0 amide bonds. The molecule has 0 aliphatic carbocycles. The van der Waals surface area contributed by atoms with Crippen LogP contribution in [0.2, 0.25) is 10.0 Å². The van der Waals surface area contributed by atoms with E-state index in [-0.39, 0.29) is 20.8 Å². The van der Waals surface area contributed by atoms with Gasteiger partial charge in [-0.3, -0.25) is 4.72 Å². The van der Waals surface area contributed by atoms with Crippen LogP contribution in [0, 0.1) is 0 Å². The fraction of sp³-hybridized carbons (Fsp3) is 0.100. The first-order valence-electron chi connectivity index (χ1n) is 5.24. The Morgan fingerprint density at radius 3 is 2.38 bits per heavy atom. The van der Waals surface area contributed by atoms with Crippen LogP contribution in [0.4, 0.5) is 14.5 Å². The SMILES string of the molecule is O=S(=O)(Nc1cc(Cl)c(OC(F)F)c(Cl)c1)c1cnc[nH]1. The second-order valence-corrected chi connectivity index (χ2v) is 6.13. The van der Waals surface area contributed by atoms with E-state index in [9.17, 15) is 17.2 Å². The van der Waals surface area contributed by atoms with Crippen LogP contribution in [0.25, 0.3) is 0 Å². The third kappa shape index (κ3) is 3.74. The van der Waals surface area contributed by atoms with Gasteiger partial charge in [0.05, 0.1) is 28.3 Å². The number of halogens is 4. The highest BCUT2D eigenvalue weighted by molar-refractivity contribution is 7.92. The van der Waals surface area contributed by atoms with Crippen molar-refractivity contribution in [1.29, 1.82) is 0 Å². The number of aromatic nitrogens is 2. The summed E-state index contributed by atoms with van der Waals surface area (Å²) in [7, 11) is -3.91. The zero-order chi connectivity index (χ0) is 15.6. The van der Waals surface area contributed by atoms with Gasteiger partial charge in [0.1, 0.15) is 0 Å². The predicted octanol–water partition coefficient (Wildman–Crippen LogP) is 3.12. The lowest BCUT2D eigenvalue weighted by molar-refractivity contribution is -0.0497. The van der Waals surface area contributed by atoms with E-state index in [1.54, 1.807) is 0 Å². The fourth-order valence-electron chi connectivity index (χ4n) is 1.42. The molecule has 1 aromatic carbocycles. The van der Waals surface area contributed by atoms with E-state index in [0.717, 1.165) is 18.3 Å². The minimum atomic E-state index is -3.91. The lowest BCUT2D eigenvalue weighted by Gasteiger charge is -2.12. The standard InChI is InChI=1S/C10H7Cl2F2N3O3S/c11-6-1-5(2-7(12)9(6)20-10(13)14)17-21(18,19)8-3-15-4-16-8/h1-4,10,17H,(H,15,16). The van der Waals surface area contributed by atoms with E-state index < -0.39 is 22.4 Å². The van der Waals surface area contributed by atoms with Crippen LogP contribution in [-0.2, 0) is 10.0 Å². The maximum absolute atomic E-state index is 12.2. The lowest BCUT2D eigenvalue weighted by atomic mass is 10.3. The summed E-state index contributed by atoms with van der Waals surface area (Å²) < 4.78 is 54.5. The molecule has 0 unspecified atom stereocenters. The average Bonchev–Trinajstić information content (AvgIpc) is 2.87. The normalized spacial score (nSPS) is 11.7. The van der Waals surface area contributed by atoms with Crippen molar-refractivity contribution < 1.29 is 21.9 Å². The van der Waals surface area contributed by atoms with Crippen molar-refractivity contribution >= 4 is 38.9 Å². The maximum atomic E-state index is 12.2. The molecule has 0 fully saturated rings. The first kappa shape index (κ1) is 15.8. The molecule has 21 heavy (non-hydrogen) atoms. The molecule has 0 spiro atoms. The molecule has 11 heteroatoms. The van der Waals surface area contributed by atoms with Gasteiger partial charge < -0.3 is 9.72 Å². The first-order valence-corrected chi connectivity index (χ1v) is 7.48. The van der Waals surface area contributed by atoms with Gasteiger partial charge >= 0.3 is 6.61 Å². The minimum absolute atomic E-state index is 0.0128. The van der Waals surface area contributed by atoms with Gasteiger partial charge in [0.15, 0.2) is 10.8 Å². The quantitative estimate of drug-likeness (QED) is 0.860. The monoisotopic (exact) mass is 357 g/mol. The Morgan fingerprint density at radius 2 is 1.90 bits per heavy atom. The van der Waals surface area contributed by atoms with Crippen LogP contribution in [-0.4, -0.2) is 25.0 Å². The Bertz CT molecular complexity index is 715. The molecule has 2 aromatic rings. The number of rotatable bonds is 5. The third-order valence-electron chi connectivity index (χ3n) is 2.22. The van der Waals surface area contributed by atoms with Gasteiger partial charge in [-0.25, -0.2) is 4.98 Å². The number of hydrogen-bond donors (Lipinski definition) is 2. The third-order valence-corrected chi connectivity index (χ3v) is 4.09. The first-order chi connectivity index (χ1) is 9.79. The highest BCUT2D eigenvalue weighted by Crippen LogP contribution is 2.37. The summed E-state index contributed by atoms with van der Waals surface area (Å²) in [6.07, 6.45) is 2.29. The number of imidazole rings is 1. The van der Waals surface area contributed by atoms with E-state index in [2.05, 4.69) is 19.4 Å². The summed E-state index contributed by atoms with van der Waals surface area (Å²) in [5.41, 5.74) is -0.0128. The molecule has 0 aliphatic heterocycles. The Balaban J connectivity index is 2.31. The van der Waals surface area contributed by atoms with Crippen molar-refractivity contribution in [2.24, 2.45) is 0 Å². The van der Waals surface area contributed by atoms with Crippen molar-refractivity contribution in [2.45, 2.75) is 11.6 Å². The molecule has 114 valence electrons. The molecule has 0 bridgehead atoms. The molecule has 2 N–H and O–H groups in total. The molecule has 2 rings (SSSR count). The number of sulfonamides is 1. The molecule has 1 aromatic heterocycles. The largest absolute Gasteiger partial charge is 0.432 e. The van der Waals surface area contributed by atoms with E-state index in [1.165, 1.54) is 6.33 Å². The fourth-order valence-corrected chi connectivity index (χ4v) is 2.94. The van der Waals surface area contributed by atoms with E-state index >= 15 is 0 Å². The molecular formula is C10H7Cl2F2N3O3S. The Hall–Kier alpha value is -1.58. The number of nitrogens with one attached hydrogen (secondary N) is 2. The number of H-pyrrole nitrogens is 1. The highest BCUT2D eigenvalue weighted by atomic mass is 35.5. The van der Waals surface area contributed by atoms with Gasteiger partial charge in [0.2, 0.25) is 0 Å². The Labute approximate surface area is 128 Å². The van der Waals surface area contributed by atoms with Crippen molar-refractivity contribution in [1.82, 2.24) is 9.97 Å². The van der Waals surface area contributed by atoms with Crippen molar-refractivity contribution in [3.8, 4) is 5.75 Å². The van der Waals surface area contributed by atoms with Gasteiger partial charge in [0, 0.05) is 0 Å². The topological polar surface area (TPSA) is 84.1 Å². The maximum Gasteiger partial charge on any atom is 0.387 e. The van der Waals surface area contributed by atoms with Gasteiger partial charge in [-0.2, -0.15) is 17.2 Å². The van der Waals surface area contributed by atoms with Crippen LogP contribution in [0.15, 0.2) is 29.7 Å². The van der Waals surface area contributed by atoms with Crippen molar-refractivity contribution in [3.05, 3.63) is 34.7 Å². The molecular weight excluding hydrogens is 351 g/mol. The lowest BCUT2D eigenvalue weighted by Crippen LogP contribution is -2.13. The van der Waals surface area contributed by atoms with Crippen LogP contribution in [0.3, 0.4) is 0 Å². The van der Waals surface area contributed by atoms with Gasteiger partial charge in [-0.05, 0) is 12.1 Å². The minimum Gasteiger partial charge on any atom is -0.432 e. The van der Waals surface area contributed by atoms with E-state index in [0.29, 0.717) is 0 Å². The number of ether oxygens (including phenoxy) is 1. The second kappa shape index (κ2) is 6.04. The summed E-state index contributed by atoms with van der Waals surface area (Å²) in [6, 6.07) is 2.19. The van der Waals surface area contributed by atoms with E-state index in [1.807, 2.05) is 0 Å². The van der Waals surface area contributed by atoms with Crippen LogP contribution in [0.5, 0.6) is 5.75 Å². The smallest absolute Gasteiger partial charge is 0.387 e. The molecule has 0 atom stereocenters. The highest BCUT2D eigenvalue weighted by Gasteiger charge is 2.19. The molecule has 0 aliphatic rings. The summed E-state index contributed by atoms with van der Waals surface area (Å²) in [5.74, 6) is -0.433. The Morgan fingerprint density at radius 1 is 1.29 bits per heavy atom. The van der Waals surface area contributed by atoms with Crippen molar-refractivity contribution in [2.75, 3.05) is 4.72 Å². The van der Waals surface area contributed by atoms with Crippen LogP contribution < -0.4 is 9.46 Å². The van der Waals surface area contributed by atoms with Gasteiger partial charge in [0.25, 0.3) is 10.0 Å². The second-order valence-electron chi connectivity index (χ2n) is 3.67. The summed E-state index contributed by atoms with van der Waals surface area (Å²) in [4.78, 5) is 5.99. The molecule has 0 saturated heterocycles. The number of aromatic amines is 1. The number of anilines is 1. The molecule has 0 radical (unpaired) electrons. The molecule has 1 heterocycles. The van der Waals surface area contributed by atoms with E-state index in [4.69, 9.17) is 23.2 Å². The molecule has 0 saturated carbocycles. The van der Waals surface area contributed by atoms with Crippen LogP contribution >= 0.6 is 23.2 Å². The summed E-state index contributed by atoms with van der Waals surface area (Å²) >= 11 is 11.5. The van der Waals surface area contributed by atoms with Crippen molar-refractivity contribution in [3.63, 3.8) is 0 Å². The molecule has 6 nitrogen and oxygen atoms in total. The summed E-state index contributed by atoms with van der Waals surface area (Å²) in [6.45, 7) is -3.10. The average molecular weight is 358 g/mol. The summed E-state index contributed by atoms with van der Waals surface area (Å²) in [5, 5.41) is -0.696. The van der Waals surface area contributed by atoms with Gasteiger partial charge in [-0.1, -0.05) is 23.2 Å². The number of nitrogens with zero attached hydrogens (tertiary/aromatic N) is 1. The zero-order valence-corrected chi connectivity index (χ0v) is 12.3. The predicted molar refractivity (Wildman–Crippen MR) is 72.5 cm³/mol. The Kier molecular flexibility index (Phi) is 4.55. The number of hydrogen-bond acceptors (Lipinski definition) is 4. The zero-order valence-electron chi connectivity index (χ0n) is 9.98. The number of alkyl halides is 2. The van der Waals surface area contributed by atoms with Gasteiger partial charge in [-0.15, -0.1) is 0 Å². The number of benzene rings is 1.